The van der Waals surface area contributed by atoms with Crippen LogP contribution in [0.3, 0.4) is 0 Å². The predicted octanol–water partition coefficient (Wildman–Crippen LogP) is 10.1. The summed E-state index contributed by atoms with van der Waals surface area (Å²) >= 11 is 0. The number of rotatable bonds is 5. The van der Waals surface area contributed by atoms with Gasteiger partial charge in [0.2, 0.25) is 0 Å². The molecule has 0 N–H and O–H groups in total. The molecule has 0 fully saturated rings. The number of aromatic nitrogens is 3. The zero-order chi connectivity index (χ0) is 34.5. The molecular formula is C44H36BN5O. The summed E-state index contributed by atoms with van der Waals surface area (Å²) in [6, 6.07) is 46.8. The summed E-state index contributed by atoms with van der Waals surface area (Å²) in [6.45, 7) is 9.25. The van der Waals surface area contributed by atoms with Crippen molar-refractivity contribution in [1.29, 1.82) is 0 Å². The second-order valence-corrected chi connectivity index (χ2v) is 14.8. The molecule has 6 nitrogen and oxygen atoms in total. The molecule has 5 aromatic carbocycles. The zero-order valence-electron chi connectivity index (χ0n) is 29.1. The number of benzene rings is 5. The topological polar surface area (TPSA) is 45.9 Å². The summed E-state index contributed by atoms with van der Waals surface area (Å²) in [7, 11) is 0. The van der Waals surface area contributed by atoms with E-state index in [4.69, 9.17) is 14.7 Å². The lowest BCUT2D eigenvalue weighted by molar-refractivity contribution is 0.288. The predicted molar refractivity (Wildman–Crippen MR) is 210 cm³/mol. The Labute approximate surface area is 297 Å². The third-order valence-electron chi connectivity index (χ3n) is 11.6. The van der Waals surface area contributed by atoms with E-state index in [1.165, 1.54) is 33.0 Å². The molecule has 0 amide bonds. The first-order valence-corrected chi connectivity index (χ1v) is 17.6. The average Bonchev–Trinajstić information content (AvgIpc) is 3.76. The minimum absolute atomic E-state index is 0.0570. The largest absolute Gasteiger partial charge is 0.457 e. The Bertz CT molecular complexity index is 2640. The van der Waals surface area contributed by atoms with Crippen LogP contribution in [0.5, 0.6) is 11.5 Å². The average molecular weight is 662 g/mol. The van der Waals surface area contributed by atoms with E-state index >= 15 is 0 Å². The third kappa shape index (κ3) is 4.18. The Balaban J connectivity index is 1.12. The standard InChI is InChI=1S/C44H36BN5O/c1-43(2)36-19-13-18-34-33-23-21-31(26-35(33)42-47-28-39(44(43,3)4)48(42)41(34)36)51-32-22-24-37-38(27-32)50(40-20-11-12-25-46-40)45(29-14-7-5-8-15-29)49(37)30-16-9-6-10-17-30/h5-28H,1-4H3. The van der Waals surface area contributed by atoms with E-state index in [0.29, 0.717) is 0 Å². The summed E-state index contributed by atoms with van der Waals surface area (Å²) in [6.07, 6.45) is 3.93. The number of fused-ring (bicyclic) bond motifs is 4. The smallest absolute Gasteiger partial charge is 0.421 e. The maximum absolute atomic E-state index is 6.75. The van der Waals surface area contributed by atoms with Crippen LogP contribution in [0.1, 0.15) is 39.0 Å². The van der Waals surface area contributed by atoms with Crippen molar-refractivity contribution < 1.29 is 4.74 Å². The zero-order valence-corrected chi connectivity index (χ0v) is 29.1. The number of pyridine rings is 2. The molecule has 5 heterocycles. The lowest BCUT2D eigenvalue weighted by atomic mass is 9.61. The molecule has 51 heavy (non-hydrogen) atoms. The van der Waals surface area contributed by atoms with Crippen LogP contribution in [0, 0.1) is 0 Å². The molecule has 0 saturated heterocycles. The number of ether oxygens (including phenoxy) is 1. The number of imidazole rings is 1. The first kappa shape index (κ1) is 29.8. The number of hydrogen-bond acceptors (Lipinski definition) is 5. The van der Waals surface area contributed by atoms with Crippen molar-refractivity contribution in [3.63, 3.8) is 0 Å². The Morgan fingerprint density at radius 3 is 2.12 bits per heavy atom. The van der Waals surface area contributed by atoms with Gasteiger partial charge in [0, 0.05) is 51.4 Å². The fourth-order valence-electron chi connectivity index (χ4n) is 8.39. The Hall–Kier alpha value is -6.08. The number of nitrogens with zero attached hydrogens (tertiary/aromatic N) is 5. The highest BCUT2D eigenvalue weighted by atomic mass is 16.5. The van der Waals surface area contributed by atoms with Crippen molar-refractivity contribution in [2.24, 2.45) is 0 Å². The molecule has 10 rings (SSSR count). The lowest BCUT2D eigenvalue weighted by Crippen LogP contribution is -2.53. The number of hydrogen-bond donors (Lipinski definition) is 0. The Kier molecular flexibility index (Phi) is 6.26. The van der Waals surface area contributed by atoms with Gasteiger partial charge in [-0.15, -0.1) is 0 Å². The second-order valence-electron chi connectivity index (χ2n) is 14.8. The van der Waals surface area contributed by atoms with Crippen molar-refractivity contribution in [2.45, 2.75) is 38.5 Å². The minimum Gasteiger partial charge on any atom is -0.457 e. The molecule has 0 atom stereocenters. The second kappa shape index (κ2) is 10.7. The van der Waals surface area contributed by atoms with E-state index in [1.54, 1.807) is 0 Å². The molecule has 246 valence electrons. The van der Waals surface area contributed by atoms with Gasteiger partial charge in [-0.3, -0.25) is 4.40 Å². The quantitative estimate of drug-likeness (QED) is 0.136. The summed E-state index contributed by atoms with van der Waals surface area (Å²) < 4.78 is 9.15. The van der Waals surface area contributed by atoms with Crippen LogP contribution >= 0.6 is 0 Å². The van der Waals surface area contributed by atoms with Crippen molar-refractivity contribution >= 4 is 62.6 Å². The van der Waals surface area contributed by atoms with Crippen LogP contribution in [-0.4, -0.2) is 21.4 Å². The van der Waals surface area contributed by atoms with Gasteiger partial charge in [-0.05, 0) is 71.0 Å². The SMILES string of the molecule is CC1(C)c2cccc3c4ccc(Oc5ccc6c(c5)N(c5ccccn5)B(c5ccccc5)N6c5ccccc5)cc4c4ncc(n4c23)C1(C)C. The van der Waals surface area contributed by atoms with Crippen molar-refractivity contribution in [1.82, 2.24) is 14.4 Å². The van der Waals surface area contributed by atoms with Gasteiger partial charge in [0.25, 0.3) is 0 Å². The molecule has 0 unspecified atom stereocenters. The first-order chi connectivity index (χ1) is 24.8. The molecule has 3 aromatic heterocycles. The van der Waals surface area contributed by atoms with E-state index in [-0.39, 0.29) is 17.8 Å². The molecule has 8 aromatic rings. The molecule has 0 aliphatic carbocycles. The fourth-order valence-corrected chi connectivity index (χ4v) is 8.39. The van der Waals surface area contributed by atoms with Crippen LogP contribution in [-0.2, 0) is 10.8 Å². The summed E-state index contributed by atoms with van der Waals surface area (Å²) in [5.74, 6) is 2.39. The van der Waals surface area contributed by atoms with Gasteiger partial charge >= 0.3 is 6.98 Å². The molecule has 2 aliphatic rings. The van der Waals surface area contributed by atoms with Gasteiger partial charge < -0.3 is 14.4 Å². The number of anilines is 4. The van der Waals surface area contributed by atoms with Crippen molar-refractivity contribution in [2.75, 3.05) is 9.62 Å². The van der Waals surface area contributed by atoms with Crippen LogP contribution in [0.15, 0.2) is 146 Å². The maximum Gasteiger partial charge on any atom is 0.421 e. The minimum atomic E-state index is -0.150. The Morgan fingerprint density at radius 1 is 0.588 bits per heavy atom. The van der Waals surface area contributed by atoms with Gasteiger partial charge in [0.15, 0.2) is 0 Å². The summed E-state index contributed by atoms with van der Waals surface area (Å²) in [5.41, 5.74) is 9.04. The molecule has 0 bridgehead atoms. The molecule has 2 aliphatic heterocycles. The van der Waals surface area contributed by atoms with E-state index in [2.05, 4.69) is 169 Å². The van der Waals surface area contributed by atoms with Crippen molar-refractivity contribution in [3.8, 4) is 11.5 Å². The highest BCUT2D eigenvalue weighted by Crippen LogP contribution is 2.52. The molecule has 0 radical (unpaired) electrons. The molecule has 7 heteroatoms. The highest BCUT2D eigenvalue weighted by molar-refractivity contribution is 6.84. The van der Waals surface area contributed by atoms with Crippen LogP contribution < -0.4 is 19.8 Å². The number of para-hydroxylation sites is 2. The van der Waals surface area contributed by atoms with E-state index in [1.807, 2.05) is 18.3 Å². The van der Waals surface area contributed by atoms with E-state index in [0.717, 1.165) is 45.4 Å². The van der Waals surface area contributed by atoms with Gasteiger partial charge in [-0.1, -0.05) is 100 Å². The van der Waals surface area contributed by atoms with Gasteiger partial charge in [-0.2, -0.15) is 0 Å². The lowest BCUT2D eigenvalue weighted by Gasteiger charge is -2.45. The van der Waals surface area contributed by atoms with Crippen LogP contribution in [0.4, 0.5) is 22.9 Å². The Morgan fingerprint density at radius 2 is 1.33 bits per heavy atom. The van der Waals surface area contributed by atoms with E-state index in [9.17, 15) is 0 Å². The fraction of sp³-hybridized carbons (Fsp3) is 0.136. The van der Waals surface area contributed by atoms with Gasteiger partial charge in [0.05, 0.1) is 16.9 Å². The van der Waals surface area contributed by atoms with Gasteiger partial charge in [-0.25, -0.2) is 9.97 Å². The molecule has 0 spiro atoms. The van der Waals surface area contributed by atoms with E-state index < -0.39 is 0 Å². The third-order valence-corrected chi connectivity index (χ3v) is 11.6. The normalized spacial score (nSPS) is 15.6. The first-order valence-electron chi connectivity index (χ1n) is 17.6. The summed E-state index contributed by atoms with van der Waals surface area (Å²) in [4.78, 5) is 14.6. The highest BCUT2D eigenvalue weighted by Gasteiger charge is 2.47. The van der Waals surface area contributed by atoms with Crippen molar-refractivity contribution in [3.05, 3.63) is 157 Å². The van der Waals surface area contributed by atoms with Crippen LogP contribution in [0.2, 0.25) is 0 Å². The molecule has 0 saturated carbocycles. The summed E-state index contributed by atoms with van der Waals surface area (Å²) in [5, 5.41) is 3.49. The van der Waals surface area contributed by atoms with Crippen LogP contribution in [0.25, 0.3) is 27.3 Å². The maximum atomic E-state index is 6.75. The monoisotopic (exact) mass is 661 g/mol. The van der Waals surface area contributed by atoms with Gasteiger partial charge in [0.1, 0.15) is 23.0 Å². The molecular weight excluding hydrogens is 625 g/mol.